The lowest BCUT2D eigenvalue weighted by atomic mass is 10.0. The molecular formula is C18H25N3O. The Labute approximate surface area is 132 Å². The second-order valence-corrected chi connectivity index (χ2v) is 7.23. The summed E-state index contributed by atoms with van der Waals surface area (Å²) in [5.41, 5.74) is 2.02. The summed E-state index contributed by atoms with van der Waals surface area (Å²) in [5, 5.41) is 7.69. The lowest BCUT2D eigenvalue weighted by Crippen LogP contribution is -2.51. The Kier molecular flexibility index (Phi) is 4.14. The van der Waals surface area contributed by atoms with Gasteiger partial charge in [-0.2, -0.15) is 5.10 Å². The Morgan fingerprint density at radius 2 is 1.68 bits per heavy atom. The number of aromatic nitrogens is 2. The van der Waals surface area contributed by atoms with Gasteiger partial charge in [0.05, 0.1) is 5.69 Å². The highest BCUT2D eigenvalue weighted by Crippen LogP contribution is 2.25. The second-order valence-electron chi connectivity index (χ2n) is 7.23. The van der Waals surface area contributed by atoms with E-state index in [0.717, 1.165) is 16.8 Å². The number of hydrogen-bond acceptors (Lipinski definition) is 2. The number of rotatable bonds is 3. The lowest BCUT2D eigenvalue weighted by molar-refractivity contribution is -0.130. The molecule has 4 heteroatoms. The number of aryl methyl sites for hydroxylation is 1. The predicted octanol–water partition coefficient (Wildman–Crippen LogP) is 3.51. The van der Waals surface area contributed by atoms with E-state index in [1.54, 1.807) is 4.68 Å². The van der Waals surface area contributed by atoms with Gasteiger partial charge in [-0.15, -0.1) is 0 Å². The van der Waals surface area contributed by atoms with Gasteiger partial charge in [-0.3, -0.25) is 9.48 Å². The summed E-state index contributed by atoms with van der Waals surface area (Å²) in [6, 6.07) is 10.0. The van der Waals surface area contributed by atoms with E-state index in [0.29, 0.717) is 0 Å². The van der Waals surface area contributed by atoms with Gasteiger partial charge < -0.3 is 5.32 Å². The van der Waals surface area contributed by atoms with Crippen molar-refractivity contribution in [3.8, 4) is 11.3 Å². The maximum atomic E-state index is 12.6. The normalized spacial score (nSPS) is 12.3. The molecule has 1 N–H and O–H groups in total. The van der Waals surface area contributed by atoms with Crippen LogP contribution in [0.15, 0.2) is 36.5 Å². The van der Waals surface area contributed by atoms with Crippen molar-refractivity contribution in [2.45, 2.75) is 52.6 Å². The molecule has 1 heterocycles. The number of hydrogen-bond donors (Lipinski definition) is 1. The zero-order valence-corrected chi connectivity index (χ0v) is 14.3. The summed E-state index contributed by atoms with van der Waals surface area (Å²) >= 11 is 0. The fourth-order valence-electron chi connectivity index (χ4n) is 2.23. The molecule has 0 spiro atoms. The van der Waals surface area contributed by atoms with Crippen molar-refractivity contribution >= 4 is 5.91 Å². The minimum absolute atomic E-state index is 0.0397. The van der Waals surface area contributed by atoms with E-state index in [-0.39, 0.29) is 11.4 Å². The number of amides is 1. The summed E-state index contributed by atoms with van der Waals surface area (Å²) in [5.74, 6) is -0.0397. The van der Waals surface area contributed by atoms with Crippen LogP contribution in [-0.4, -0.2) is 21.2 Å². The average Bonchev–Trinajstić information content (AvgIpc) is 2.80. The Balaban J connectivity index is 2.35. The third kappa shape index (κ3) is 3.38. The molecule has 4 nitrogen and oxygen atoms in total. The van der Waals surface area contributed by atoms with Crippen LogP contribution in [-0.2, 0) is 10.3 Å². The van der Waals surface area contributed by atoms with Gasteiger partial charge in [-0.1, -0.05) is 30.3 Å². The quantitative estimate of drug-likeness (QED) is 0.942. The number of carbonyl (C=O) groups excluding carboxylic acids is 1. The number of nitrogens with one attached hydrogen (secondary N) is 1. The lowest BCUT2D eigenvalue weighted by Gasteiger charge is -2.29. The molecule has 1 aromatic carbocycles. The number of benzene rings is 1. The fourth-order valence-corrected chi connectivity index (χ4v) is 2.23. The molecule has 22 heavy (non-hydrogen) atoms. The Morgan fingerprint density at radius 1 is 1.09 bits per heavy atom. The zero-order chi connectivity index (χ0) is 16.5. The minimum atomic E-state index is -0.745. The van der Waals surface area contributed by atoms with Crippen molar-refractivity contribution in [1.82, 2.24) is 15.1 Å². The third-order valence-electron chi connectivity index (χ3n) is 3.56. The molecule has 0 saturated heterocycles. The Morgan fingerprint density at radius 3 is 2.23 bits per heavy atom. The summed E-state index contributed by atoms with van der Waals surface area (Å²) in [7, 11) is 0. The average molecular weight is 299 g/mol. The van der Waals surface area contributed by atoms with Crippen molar-refractivity contribution in [2.24, 2.45) is 0 Å². The molecule has 0 atom stereocenters. The first kappa shape index (κ1) is 16.3. The fraction of sp³-hybridized carbons (Fsp3) is 0.444. The van der Waals surface area contributed by atoms with Crippen molar-refractivity contribution in [2.75, 3.05) is 0 Å². The van der Waals surface area contributed by atoms with Gasteiger partial charge in [0.15, 0.2) is 0 Å². The van der Waals surface area contributed by atoms with Gasteiger partial charge in [0.2, 0.25) is 5.91 Å². The van der Waals surface area contributed by atoms with Gasteiger partial charge in [0, 0.05) is 17.3 Å². The molecule has 0 aliphatic rings. The monoisotopic (exact) mass is 299 g/mol. The van der Waals surface area contributed by atoms with E-state index in [1.807, 2.05) is 78.1 Å². The van der Waals surface area contributed by atoms with Crippen LogP contribution in [0.4, 0.5) is 0 Å². The zero-order valence-electron chi connectivity index (χ0n) is 14.3. The van der Waals surface area contributed by atoms with Crippen molar-refractivity contribution in [3.63, 3.8) is 0 Å². The van der Waals surface area contributed by atoms with Crippen molar-refractivity contribution in [3.05, 3.63) is 42.1 Å². The van der Waals surface area contributed by atoms with Gasteiger partial charge in [-0.05, 0) is 47.1 Å². The maximum Gasteiger partial charge on any atom is 0.247 e. The van der Waals surface area contributed by atoms with E-state index >= 15 is 0 Å². The second kappa shape index (κ2) is 5.59. The van der Waals surface area contributed by atoms with Crippen LogP contribution >= 0.6 is 0 Å². The molecule has 1 aromatic heterocycles. The van der Waals surface area contributed by atoms with E-state index in [9.17, 15) is 4.79 Å². The number of nitrogens with zero attached hydrogens (tertiary/aromatic N) is 2. The van der Waals surface area contributed by atoms with E-state index < -0.39 is 5.54 Å². The van der Waals surface area contributed by atoms with Crippen LogP contribution in [0.1, 0.15) is 40.2 Å². The third-order valence-corrected chi connectivity index (χ3v) is 3.56. The van der Waals surface area contributed by atoms with Crippen LogP contribution in [0.25, 0.3) is 11.3 Å². The standard InChI is InChI=1S/C18H25N3O/c1-13-12-21(18(5,6)16(22)19-17(2,3)4)20-15(13)14-10-8-7-9-11-14/h7-12H,1-6H3,(H,19,22). The summed E-state index contributed by atoms with van der Waals surface area (Å²) < 4.78 is 1.76. The molecule has 0 aliphatic heterocycles. The van der Waals surface area contributed by atoms with Crippen LogP contribution in [0.3, 0.4) is 0 Å². The summed E-state index contributed by atoms with van der Waals surface area (Å²) in [4.78, 5) is 12.6. The topological polar surface area (TPSA) is 46.9 Å². The smallest absolute Gasteiger partial charge is 0.247 e. The van der Waals surface area contributed by atoms with E-state index in [2.05, 4.69) is 10.4 Å². The van der Waals surface area contributed by atoms with Crippen LogP contribution in [0.5, 0.6) is 0 Å². The van der Waals surface area contributed by atoms with Gasteiger partial charge in [0.25, 0.3) is 0 Å². The molecule has 1 amide bonds. The first-order valence-corrected chi connectivity index (χ1v) is 7.56. The Hall–Kier alpha value is -2.10. The molecule has 0 bridgehead atoms. The molecule has 0 saturated carbocycles. The Bertz CT molecular complexity index is 663. The van der Waals surface area contributed by atoms with Crippen molar-refractivity contribution < 1.29 is 4.79 Å². The SMILES string of the molecule is Cc1cn(C(C)(C)C(=O)NC(C)(C)C)nc1-c1ccccc1. The van der Waals surface area contributed by atoms with Crippen LogP contribution in [0.2, 0.25) is 0 Å². The molecule has 0 unspecified atom stereocenters. The molecule has 0 radical (unpaired) electrons. The molecule has 0 aliphatic carbocycles. The summed E-state index contributed by atoms with van der Waals surface area (Å²) in [6.07, 6.45) is 1.94. The highest BCUT2D eigenvalue weighted by Gasteiger charge is 2.33. The van der Waals surface area contributed by atoms with Gasteiger partial charge in [0.1, 0.15) is 5.54 Å². The molecule has 0 fully saturated rings. The minimum Gasteiger partial charge on any atom is -0.349 e. The first-order valence-electron chi connectivity index (χ1n) is 7.56. The molecule has 118 valence electrons. The first-order chi connectivity index (χ1) is 10.1. The highest BCUT2D eigenvalue weighted by molar-refractivity contribution is 5.84. The van der Waals surface area contributed by atoms with Crippen LogP contribution in [0, 0.1) is 6.92 Å². The summed E-state index contributed by atoms with van der Waals surface area (Å²) in [6.45, 7) is 11.7. The highest BCUT2D eigenvalue weighted by atomic mass is 16.2. The van der Waals surface area contributed by atoms with Crippen molar-refractivity contribution in [1.29, 1.82) is 0 Å². The van der Waals surface area contributed by atoms with E-state index in [1.165, 1.54) is 0 Å². The van der Waals surface area contributed by atoms with Crippen LogP contribution < -0.4 is 5.32 Å². The predicted molar refractivity (Wildman–Crippen MR) is 89.6 cm³/mol. The van der Waals surface area contributed by atoms with Gasteiger partial charge in [-0.25, -0.2) is 0 Å². The van der Waals surface area contributed by atoms with Gasteiger partial charge >= 0.3 is 0 Å². The molecular weight excluding hydrogens is 274 g/mol. The molecule has 2 aromatic rings. The largest absolute Gasteiger partial charge is 0.349 e. The maximum absolute atomic E-state index is 12.6. The molecule has 2 rings (SSSR count). The van der Waals surface area contributed by atoms with E-state index in [4.69, 9.17) is 0 Å². The number of carbonyl (C=O) groups is 1.